The number of benzene rings is 1. The highest BCUT2D eigenvalue weighted by Gasteiger charge is 2.22. The van der Waals surface area contributed by atoms with Crippen LogP contribution in [-0.2, 0) is 4.74 Å². The third-order valence-corrected chi connectivity index (χ3v) is 3.20. The third kappa shape index (κ3) is 3.23. The number of nitro benzene ring substituents is 1. The topological polar surface area (TPSA) is 91.4 Å². The molecule has 1 aliphatic rings. The number of rotatable bonds is 4. The summed E-state index contributed by atoms with van der Waals surface area (Å²) in [4.78, 5) is 12.7. The van der Waals surface area contributed by atoms with Gasteiger partial charge in [0.25, 0.3) is 0 Å². The van der Waals surface area contributed by atoms with E-state index in [4.69, 9.17) is 10.00 Å². The maximum atomic E-state index is 11.1. The van der Waals surface area contributed by atoms with E-state index in [1.165, 1.54) is 6.07 Å². The Morgan fingerprint density at radius 1 is 1.65 bits per heavy atom. The third-order valence-electron chi connectivity index (χ3n) is 3.20. The molecule has 7 heteroatoms. The molecular formula is C13H16N4O3. The summed E-state index contributed by atoms with van der Waals surface area (Å²) in [5.41, 5.74) is 0.228. The SMILES string of the molecule is CN1CCOC(CNc2cccc(C#N)c2[N+](=O)[O-])C1. The Labute approximate surface area is 116 Å². The lowest BCUT2D eigenvalue weighted by Gasteiger charge is -2.30. The predicted molar refractivity (Wildman–Crippen MR) is 73.5 cm³/mol. The lowest BCUT2D eigenvalue weighted by Crippen LogP contribution is -2.43. The Kier molecular flexibility index (Phi) is 4.50. The van der Waals surface area contributed by atoms with Gasteiger partial charge in [-0.15, -0.1) is 0 Å². The first-order valence-corrected chi connectivity index (χ1v) is 6.33. The molecule has 0 aromatic heterocycles. The monoisotopic (exact) mass is 276 g/mol. The normalized spacial score (nSPS) is 19.3. The van der Waals surface area contributed by atoms with E-state index >= 15 is 0 Å². The fourth-order valence-electron chi connectivity index (χ4n) is 2.19. The zero-order valence-electron chi connectivity index (χ0n) is 11.2. The van der Waals surface area contributed by atoms with E-state index in [1.807, 2.05) is 13.1 Å². The number of nitro groups is 1. The molecule has 1 fully saturated rings. The molecule has 1 aromatic carbocycles. The molecule has 0 radical (unpaired) electrons. The second-order valence-corrected chi connectivity index (χ2v) is 4.71. The number of nitrogens with one attached hydrogen (secondary N) is 1. The maximum Gasteiger partial charge on any atom is 0.309 e. The van der Waals surface area contributed by atoms with Crippen LogP contribution in [0.3, 0.4) is 0 Å². The van der Waals surface area contributed by atoms with Crippen molar-refractivity contribution in [2.75, 3.05) is 38.6 Å². The molecule has 0 amide bonds. The van der Waals surface area contributed by atoms with Gasteiger partial charge >= 0.3 is 5.69 Å². The van der Waals surface area contributed by atoms with Crippen LogP contribution in [0.1, 0.15) is 5.56 Å². The van der Waals surface area contributed by atoms with Gasteiger partial charge in [0.1, 0.15) is 17.3 Å². The van der Waals surface area contributed by atoms with Crippen LogP contribution in [0.4, 0.5) is 11.4 Å². The van der Waals surface area contributed by atoms with E-state index in [1.54, 1.807) is 12.1 Å². The molecule has 1 unspecified atom stereocenters. The summed E-state index contributed by atoms with van der Waals surface area (Å²) in [5.74, 6) is 0. The van der Waals surface area contributed by atoms with Crippen molar-refractivity contribution < 1.29 is 9.66 Å². The summed E-state index contributed by atoms with van der Waals surface area (Å²) in [7, 11) is 2.01. The summed E-state index contributed by atoms with van der Waals surface area (Å²) in [6.45, 7) is 2.79. The van der Waals surface area contributed by atoms with Gasteiger partial charge in [-0.3, -0.25) is 10.1 Å². The van der Waals surface area contributed by atoms with Crippen molar-refractivity contribution in [3.63, 3.8) is 0 Å². The number of nitriles is 1. The van der Waals surface area contributed by atoms with E-state index in [9.17, 15) is 10.1 Å². The van der Waals surface area contributed by atoms with Crippen molar-refractivity contribution in [3.05, 3.63) is 33.9 Å². The molecule has 0 bridgehead atoms. The number of nitrogens with zero attached hydrogens (tertiary/aromatic N) is 3. The Hall–Kier alpha value is -2.17. The molecule has 1 saturated heterocycles. The molecular weight excluding hydrogens is 260 g/mol. The molecule has 1 atom stereocenters. The van der Waals surface area contributed by atoms with Crippen LogP contribution in [0.2, 0.25) is 0 Å². The summed E-state index contributed by atoms with van der Waals surface area (Å²) >= 11 is 0. The maximum absolute atomic E-state index is 11.1. The summed E-state index contributed by atoms with van der Waals surface area (Å²) in [6, 6.07) is 6.51. The van der Waals surface area contributed by atoms with Gasteiger partial charge in [0, 0.05) is 19.6 Å². The van der Waals surface area contributed by atoms with Gasteiger partial charge < -0.3 is 15.0 Å². The van der Waals surface area contributed by atoms with Crippen molar-refractivity contribution >= 4 is 11.4 Å². The molecule has 20 heavy (non-hydrogen) atoms. The molecule has 0 spiro atoms. The highest BCUT2D eigenvalue weighted by molar-refractivity contribution is 5.68. The standard InChI is InChI=1S/C13H16N4O3/c1-16-5-6-20-11(9-16)8-15-12-4-2-3-10(7-14)13(12)17(18)19/h2-4,11,15H,5-6,8-9H2,1H3. The zero-order chi connectivity index (χ0) is 14.5. The molecule has 106 valence electrons. The number of morpholine rings is 1. The first-order chi connectivity index (χ1) is 9.61. The van der Waals surface area contributed by atoms with Gasteiger partial charge in [0.05, 0.1) is 17.6 Å². The van der Waals surface area contributed by atoms with Crippen molar-refractivity contribution in [3.8, 4) is 6.07 Å². The number of hydrogen-bond donors (Lipinski definition) is 1. The molecule has 7 nitrogen and oxygen atoms in total. The van der Waals surface area contributed by atoms with Gasteiger partial charge in [-0.05, 0) is 19.2 Å². The van der Waals surface area contributed by atoms with Crippen LogP contribution >= 0.6 is 0 Å². The summed E-state index contributed by atoms with van der Waals surface area (Å²) in [6.07, 6.45) is -0.0147. The van der Waals surface area contributed by atoms with E-state index in [2.05, 4.69) is 10.2 Å². The Morgan fingerprint density at radius 3 is 3.10 bits per heavy atom. The minimum Gasteiger partial charge on any atom is -0.377 e. The van der Waals surface area contributed by atoms with Crippen molar-refractivity contribution in [2.45, 2.75) is 6.10 Å². The van der Waals surface area contributed by atoms with Crippen LogP contribution < -0.4 is 5.32 Å². The molecule has 0 aliphatic carbocycles. The van der Waals surface area contributed by atoms with Crippen LogP contribution in [0, 0.1) is 21.4 Å². The van der Waals surface area contributed by atoms with E-state index < -0.39 is 4.92 Å². The van der Waals surface area contributed by atoms with Gasteiger partial charge in [-0.2, -0.15) is 5.26 Å². The highest BCUT2D eigenvalue weighted by atomic mass is 16.6. The molecule has 1 aliphatic heterocycles. The average Bonchev–Trinajstić information content (AvgIpc) is 2.44. The number of hydrogen-bond acceptors (Lipinski definition) is 6. The number of ether oxygens (including phenoxy) is 1. The molecule has 1 aromatic rings. The lowest BCUT2D eigenvalue weighted by molar-refractivity contribution is -0.384. The lowest BCUT2D eigenvalue weighted by atomic mass is 10.1. The molecule has 1 heterocycles. The quantitative estimate of drug-likeness (QED) is 0.656. The molecule has 1 N–H and O–H groups in total. The largest absolute Gasteiger partial charge is 0.377 e. The second kappa shape index (κ2) is 6.32. The average molecular weight is 276 g/mol. The van der Waals surface area contributed by atoms with Crippen LogP contribution in [0.15, 0.2) is 18.2 Å². The zero-order valence-corrected chi connectivity index (χ0v) is 11.2. The van der Waals surface area contributed by atoms with Crippen LogP contribution in [0.5, 0.6) is 0 Å². The minimum absolute atomic E-state index is 0.0147. The number of likely N-dealkylation sites (N-methyl/N-ethyl adjacent to an activating group) is 1. The first kappa shape index (κ1) is 14.2. The fourth-order valence-corrected chi connectivity index (χ4v) is 2.19. The summed E-state index contributed by atoms with van der Waals surface area (Å²) < 4.78 is 5.59. The first-order valence-electron chi connectivity index (χ1n) is 6.33. The number of para-hydroxylation sites is 1. The minimum atomic E-state index is -0.533. The Bertz CT molecular complexity index is 541. The molecule has 0 saturated carbocycles. The van der Waals surface area contributed by atoms with Crippen LogP contribution in [0.25, 0.3) is 0 Å². The Balaban J connectivity index is 2.09. The van der Waals surface area contributed by atoms with Crippen molar-refractivity contribution in [2.24, 2.45) is 0 Å². The van der Waals surface area contributed by atoms with Gasteiger partial charge in [0.2, 0.25) is 0 Å². The molecule has 2 rings (SSSR count). The fraction of sp³-hybridized carbons (Fsp3) is 0.462. The van der Waals surface area contributed by atoms with E-state index in [0.717, 1.165) is 13.1 Å². The summed E-state index contributed by atoms with van der Waals surface area (Å²) in [5, 5.41) is 23.0. The Morgan fingerprint density at radius 2 is 2.45 bits per heavy atom. The van der Waals surface area contributed by atoms with E-state index in [-0.39, 0.29) is 17.4 Å². The van der Waals surface area contributed by atoms with Crippen molar-refractivity contribution in [1.82, 2.24) is 4.90 Å². The van der Waals surface area contributed by atoms with Gasteiger partial charge in [0.15, 0.2) is 0 Å². The van der Waals surface area contributed by atoms with Crippen LogP contribution in [-0.4, -0.2) is 49.2 Å². The van der Waals surface area contributed by atoms with Gasteiger partial charge in [-0.25, -0.2) is 0 Å². The smallest absolute Gasteiger partial charge is 0.309 e. The predicted octanol–water partition coefficient (Wildman–Crippen LogP) is 1.21. The van der Waals surface area contributed by atoms with Gasteiger partial charge in [-0.1, -0.05) is 6.07 Å². The van der Waals surface area contributed by atoms with E-state index in [0.29, 0.717) is 18.8 Å². The number of anilines is 1. The van der Waals surface area contributed by atoms with Crippen molar-refractivity contribution in [1.29, 1.82) is 5.26 Å². The highest BCUT2D eigenvalue weighted by Crippen LogP contribution is 2.28. The second-order valence-electron chi connectivity index (χ2n) is 4.71.